The van der Waals surface area contributed by atoms with Gasteiger partial charge in [-0.05, 0) is 35.4 Å². The molecule has 2 unspecified atom stereocenters. The summed E-state index contributed by atoms with van der Waals surface area (Å²) in [5.41, 5.74) is 2.74. The number of hydrogen-bond donors (Lipinski definition) is 0. The maximum absolute atomic E-state index is 6.67. The molecule has 4 aromatic rings. The minimum atomic E-state index is -0.581. The molecule has 0 aromatic heterocycles. The van der Waals surface area contributed by atoms with E-state index >= 15 is 0 Å². The van der Waals surface area contributed by atoms with E-state index in [-0.39, 0.29) is 16.5 Å². The van der Waals surface area contributed by atoms with Gasteiger partial charge in [0.1, 0.15) is 0 Å². The van der Waals surface area contributed by atoms with Crippen LogP contribution >= 0.6 is 46.4 Å². The predicted molar refractivity (Wildman–Crippen MR) is 149 cm³/mol. The Morgan fingerprint density at radius 1 is 0.543 bits per heavy atom. The van der Waals surface area contributed by atoms with Crippen LogP contribution in [-0.2, 0) is 41.7 Å². The van der Waals surface area contributed by atoms with Crippen molar-refractivity contribution in [3.05, 3.63) is 127 Å². The van der Waals surface area contributed by atoms with Crippen molar-refractivity contribution >= 4 is 83.0 Å². The quantitative estimate of drug-likeness (QED) is 0.152. The molecular weight excluding hydrogens is 605 g/mol. The van der Waals surface area contributed by atoms with Crippen LogP contribution in [0.2, 0.25) is 20.1 Å². The number of halogens is 4. The van der Waals surface area contributed by atoms with Gasteiger partial charge in [-0.25, -0.2) is 0 Å². The third-order valence-electron chi connectivity index (χ3n) is 5.15. The zero-order valence-corrected chi connectivity index (χ0v) is 23.4. The van der Waals surface area contributed by atoms with Gasteiger partial charge in [0.05, 0.1) is 0 Å². The number of benzene rings is 4. The summed E-state index contributed by atoms with van der Waals surface area (Å²) in [7, 11) is 0. The molecule has 0 spiro atoms. The van der Waals surface area contributed by atoms with E-state index in [4.69, 9.17) is 82.3 Å². The van der Waals surface area contributed by atoms with Crippen LogP contribution in [0.5, 0.6) is 0 Å². The summed E-state index contributed by atoms with van der Waals surface area (Å²) < 4.78 is 0. The first-order valence-corrected chi connectivity index (χ1v) is 12.5. The molecule has 0 amide bonds. The summed E-state index contributed by atoms with van der Waals surface area (Å²) in [6.45, 7) is 0. The smallest absolute Gasteiger partial charge is 0.0439 e. The van der Waals surface area contributed by atoms with Crippen molar-refractivity contribution in [2.45, 2.75) is 21.9 Å². The van der Waals surface area contributed by atoms with Gasteiger partial charge in [0.25, 0.3) is 0 Å². The Kier molecular flexibility index (Phi) is 10.2. The number of para-hydroxylation sites is 2. The van der Waals surface area contributed by atoms with Crippen LogP contribution in [0.3, 0.4) is 0 Å². The second-order valence-electron chi connectivity index (χ2n) is 7.41. The van der Waals surface area contributed by atoms with Gasteiger partial charge < -0.3 is 35.9 Å². The van der Waals surface area contributed by atoms with E-state index in [9.17, 15) is 0 Å². The molecule has 0 saturated heterocycles. The van der Waals surface area contributed by atoms with E-state index in [2.05, 4.69) is 0 Å². The van der Waals surface area contributed by atoms with E-state index in [0.29, 0.717) is 41.3 Å². The molecule has 0 heterocycles. The summed E-state index contributed by atoms with van der Waals surface area (Å²) in [5, 5.41) is 12.0. The SMILES string of the molecule is [Ni].[S-]c1ccccc1[N-]C(c1ccc(Cl)cc1Cl)C([N-]c1ccccc1[S-])c1ccc(Cl)cc1Cl. The Morgan fingerprint density at radius 2 is 0.914 bits per heavy atom. The van der Waals surface area contributed by atoms with Crippen molar-refractivity contribution in [1.29, 1.82) is 0 Å². The molecule has 184 valence electrons. The van der Waals surface area contributed by atoms with Gasteiger partial charge in [0, 0.05) is 36.6 Å². The van der Waals surface area contributed by atoms with Gasteiger partial charge in [0.15, 0.2) is 0 Å². The van der Waals surface area contributed by atoms with Crippen LogP contribution in [0.4, 0.5) is 11.4 Å². The number of rotatable bonds is 7. The summed E-state index contributed by atoms with van der Waals surface area (Å²) in [4.78, 5) is 1.23. The van der Waals surface area contributed by atoms with Crippen molar-refractivity contribution in [2.75, 3.05) is 0 Å². The first-order chi connectivity index (χ1) is 16.3. The molecule has 0 aliphatic rings. The summed E-state index contributed by atoms with van der Waals surface area (Å²) in [6, 6.07) is 24.3. The van der Waals surface area contributed by atoms with Crippen LogP contribution in [-0.4, -0.2) is 0 Å². The van der Waals surface area contributed by atoms with Crippen molar-refractivity contribution in [2.24, 2.45) is 0 Å². The largest absolute Gasteiger partial charge is 0.781 e. The van der Waals surface area contributed by atoms with E-state index < -0.39 is 12.1 Å². The normalized spacial score (nSPS) is 12.3. The Hall–Kier alpha value is -1.43. The third kappa shape index (κ3) is 6.87. The molecule has 2 nitrogen and oxygen atoms in total. The molecule has 0 radical (unpaired) electrons. The van der Waals surface area contributed by atoms with Gasteiger partial charge in [-0.15, -0.1) is 12.1 Å². The van der Waals surface area contributed by atoms with Gasteiger partial charge in [0.2, 0.25) is 0 Å². The first-order valence-electron chi connectivity index (χ1n) is 10.2. The minimum Gasteiger partial charge on any atom is -0.781 e. The average Bonchev–Trinajstić information content (AvgIpc) is 2.79. The van der Waals surface area contributed by atoms with E-state index in [0.717, 1.165) is 11.1 Å². The standard InChI is InChI=1S/C26H18Cl4N2S2.Ni/c27-15-9-11-17(19(29)13-15)25(31-21-5-1-3-7-23(21)33)26(18-12-10-16(28)14-20(18)30)32-22-6-2-4-8-24(22)34;/h1-14,25-26,33-34H;/q-2;/p-2. The molecule has 4 aromatic carbocycles. The molecule has 0 fully saturated rings. The zero-order chi connectivity index (χ0) is 24.2. The molecule has 0 N–H and O–H groups in total. The molecule has 2 atom stereocenters. The van der Waals surface area contributed by atoms with Crippen molar-refractivity contribution in [1.82, 2.24) is 0 Å². The molecular formula is C26H16Cl4N2NiS2-4. The van der Waals surface area contributed by atoms with E-state index in [1.165, 1.54) is 0 Å². The zero-order valence-electron chi connectivity index (χ0n) is 17.8. The molecule has 0 aliphatic carbocycles. The Morgan fingerprint density at radius 3 is 1.26 bits per heavy atom. The van der Waals surface area contributed by atoms with Gasteiger partial charge in [-0.1, -0.05) is 107 Å². The molecule has 35 heavy (non-hydrogen) atoms. The van der Waals surface area contributed by atoms with Crippen molar-refractivity contribution in [3.63, 3.8) is 0 Å². The second-order valence-corrected chi connectivity index (χ2v) is 9.98. The molecule has 9 heteroatoms. The predicted octanol–water partition coefficient (Wildman–Crippen LogP) is 10.3. The van der Waals surface area contributed by atoms with E-state index in [1.807, 2.05) is 60.7 Å². The van der Waals surface area contributed by atoms with Gasteiger partial charge in [-0.2, -0.15) is 21.2 Å². The average molecular weight is 621 g/mol. The topological polar surface area (TPSA) is 28.2 Å². The fourth-order valence-corrected chi connectivity index (χ4v) is 4.97. The summed E-state index contributed by atoms with van der Waals surface area (Å²) in [6.07, 6.45) is 0. The summed E-state index contributed by atoms with van der Waals surface area (Å²) >= 11 is 36.8. The van der Waals surface area contributed by atoms with Gasteiger partial charge >= 0.3 is 0 Å². The third-order valence-corrected chi connectivity index (χ3v) is 6.96. The van der Waals surface area contributed by atoms with Crippen LogP contribution in [0.25, 0.3) is 10.6 Å². The minimum absolute atomic E-state index is 0. The van der Waals surface area contributed by atoms with Crippen molar-refractivity contribution in [3.8, 4) is 0 Å². The van der Waals surface area contributed by atoms with E-state index in [1.54, 1.807) is 24.3 Å². The summed E-state index contributed by atoms with van der Waals surface area (Å²) in [5.74, 6) is 0. The Labute approximate surface area is 246 Å². The maximum atomic E-state index is 6.67. The first kappa shape index (κ1) is 28.1. The van der Waals surface area contributed by atoms with Crippen molar-refractivity contribution < 1.29 is 16.5 Å². The molecule has 0 aliphatic heterocycles. The Bertz CT molecular complexity index is 1220. The molecule has 0 saturated carbocycles. The van der Waals surface area contributed by atoms with Crippen LogP contribution in [0.1, 0.15) is 23.2 Å². The van der Waals surface area contributed by atoms with Crippen LogP contribution in [0, 0.1) is 0 Å². The maximum Gasteiger partial charge on any atom is 0.0439 e. The Balaban J connectivity index is 0.00000342. The molecule has 4 rings (SSSR count). The molecule has 0 bridgehead atoms. The fourth-order valence-electron chi connectivity index (χ4n) is 3.53. The fraction of sp³-hybridized carbons (Fsp3) is 0.0769. The number of nitrogens with zero attached hydrogens (tertiary/aromatic N) is 2. The van der Waals surface area contributed by atoms with Crippen LogP contribution < -0.4 is 0 Å². The number of hydrogen-bond acceptors (Lipinski definition) is 2. The van der Waals surface area contributed by atoms with Crippen LogP contribution in [0.15, 0.2) is 94.7 Å². The monoisotopic (exact) mass is 618 g/mol. The van der Waals surface area contributed by atoms with Gasteiger partial charge in [-0.3, -0.25) is 0 Å². The second kappa shape index (κ2) is 12.7.